The van der Waals surface area contributed by atoms with Crippen LogP contribution in [0.5, 0.6) is 0 Å². The van der Waals surface area contributed by atoms with Crippen LogP contribution < -0.4 is 0 Å². The van der Waals surface area contributed by atoms with Crippen molar-refractivity contribution in [3.63, 3.8) is 0 Å². The fraction of sp³-hybridized carbons (Fsp3) is 0.190. The molecule has 1 aromatic heterocycles. The molecule has 1 atom stereocenters. The highest BCUT2D eigenvalue weighted by Gasteiger charge is 2.34. The number of alkyl halides is 3. The zero-order valence-corrected chi connectivity index (χ0v) is 14.4. The average molecular weight is 370 g/mol. The van der Waals surface area contributed by atoms with Crippen molar-refractivity contribution in [3.8, 4) is 0 Å². The minimum atomic E-state index is -4.42. The number of aromatic nitrogens is 1. The van der Waals surface area contributed by atoms with Gasteiger partial charge in [-0.1, -0.05) is 30.3 Å². The van der Waals surface area contributed by atoms with Crippen molar-refractivity contribution in [1.29, 1.82) is 0 Å². The summed E-state index contributed by atoms with van der Waals surface area (Å²) in [6, 6.07) is 17.7. The summed E-state index contributed by atoms with van der Waals surface area (Å²) in [6.45, 7) is 1.14. The lowest BCUT2D eigenvalue weighted by Gasteiger charge is -2.37. The summed E-state index contributed by atoms with van der Waals surface area (Å²) < 4.78 is 40.5. The van der Waals surface area contributed by atoms with E-state index in [0.29, 0.717) is 13.1 Å². The maximum Gasteiger partial charge on any atom is 0.416 e. The zero-order chi connectivity index (χ0) is 19.0. The van der Waals surface area contributed by atoms with Gasteiger partial charge in [0.05, 0.1) is 11.6 Å². The fourth-order valence-electron chi connectivity index (χ4n) is 3.56. The molecule has 27 heavy (non-hydrogen) atoms. The van der Waals surface area contributed by atoms with Crippen molar-refractivity contribution in [2.75, 3.05) is 6.54 Å². The van der Waals surface area contributed by atoms with E-state index in [1.165, 1.54) is 12.1 Å². The van der Waals surface area contributed by atoms with Gasteiger partial charge in [-0.05, 0) is 42.0 Å². The molecule has 3 aromatic rings. The number of benzene rings is 2. The Morgan fingerprint density at radius 2 is 1.59 bits per heavy atom. The highest BCUT2D eigenvalue weighted by molar-refractivity contribution is 5.94. The first-order valence-corrected chi connectivity index (χ1v) is 8.63. The van der Waals surface area contributed by atoms with Crippen molar-refractivity contribution in [3.05, 3.63) is 95.3 Å². The summed E-state index contributed by atoms with van der Waals surface area (Å²) in [5.41, 5.74) is 1.46. The third-order valence-electron chi connectivity index (χ3n) is 4.87. The molecule has 0 N–H and O–H groups in total. The number of carbonyl (C=O) groups is 1. The van der Waals surface area contributed by atoms with Gasteiger partial charge in [-0.2, -0.15) is 13.2 Å². The maximum absolute atomic E-state index is 13.1. The van der Waals surface area contributed by atoms with Crippen LogP contribution in [-0.2, 0) is 12.7 Å². The largest absolute Gasteiger partial charge is 0.416 e. The van der Waals surface area contributed by atoms with Crippen molar-refractivity contribution in [2.24, 2.45) is 0 Å². The molecule has 1 unspecified atom stereocenters. The van der Waals surface area contributed by atoms with Gasteiger partial charge in [-0.3, -0.25) is 4.79 Å². The Balaban J connectivity index is 1.70. The Morgan fingerprint density at radius 1 is 0.889 bits per heavy atom. The van der Waals surface area contributed by atoms with Gasteiger partial charge in [-0.15, -0.1) is 0 Å². The van der Waals surface area contributed by atoms with Crippen molar-refractivity contribution in [2.45, 2.75) is 18.8 Å². The van der Waals surface area contributed by atoms with Crippen LogP contribution in [0.3, 0.4) is 0 Å². The first-order valence-electron chi connectivity index (χ1n) is 8.63. The third-order valence-corrected chi connectivity index (χ3v) is 4.87. The molecular weight excluding hydrogens is 353 g/mol. The molecule has 0 saturated heterocycles. The number of hydrogen-bond acceptors (Lipinski definition) is 1. The van der Waals surface area contributed by atoms with E-state index in [2.05, 4.69) is 4.57 Å². The SMILES string of the molecule is O=C(c1ccc(C(F)(F)F)cc1)N1CCn2cccc2C1c1ccccc1. The van der Waals surface area contributed by atoms with E-state index in [1.807, 2.05) is 48.7 Å². The molecule has 138 valence electrons. The second-order valence-corrected chi connectivity index (χ2v) is 6.51. The summed E-state index contributed by atoms with van der Waals surface area (Å²) in [5.74, 6) is -0.273. The van der Waals surface area contributed by atoms with Gasteiger partial charge in [0.1, 0.15) is 0 Å². The third kappa shape index (κ3) is 3.23. The normalized spacial score (nSPS) is 16.9. The zero-order valence-electron chi connectivity index (χ0n) is 14.4. The molecule has 1 aliphatic rings. The van der Waals surface area contributed by atoms with Crippen LogP contribution in [0.25, 0.3) is 0 Å². The van der Waals surface area contributed by atoms with E-state index in [1.54, 1.807) is 4.90 Å². The summed E-state index contributed by atoms with van der Waals surface area (Å²) >= 11 is 0. The molecule has 1 amide bonds. The van der Waals surface area contributed by atoms with Gasteiger partial charge in [0, 0.05) is 30.5 Å². The lowest BCUT2D eigenvalue weighted by atomic mass is 9.98. The van der Waals surface area contributed by atoms with Crippen LogP contribution in [0.1, 0.15) is 33.2 Å². The molecule has 4 rings (SSSR count). The van der Waals surface area contributed by atoms with Crippen molar-refractivity contribution >= 4 is 5.91 Å². The number of fused-ring (bicyclic) bond motifs is 1. The van der Waals surface area contributed by atoms with Crippen molar-refractivity contribution in [1.82, 2.24) is 9.47 Å². The van der Waals surface area contributed by atoms with Gasteiger partial charge in [-0.25, -0.2) is 0 Å². The fourth-order valence-corrected chi connectivity index (χ4v) is 3.56. The van der Waals surface area contributed by atoms with E-state index in [9.17, 15) is 18.0 Å². The standard InChI is InChI=1S/C21H17F3N2O/c22-21(23,24)17-10-8-16(9-11-17)20(27)26-14-13-25-12-4-7-18(25)19(26)15-5-2-1-3-6-15/h1-12,19H,13-14H2. The lowest BCUT2D eigenvalue weighted by molar-refractivity contribution is -0.137. The van der Waals surface area contributed by atoms with Crippen molar-refractivity contribution < 1.29 is 18.0 Å². The molecule has 2 heterocycles. The molecular formula is C21H17F3N2O. The Labute approximate surface area is 154 Å². The van der Waals surface area contributed by atoms with Crippen LogP contribution in [0.15, 0.2) is 72.9 Å². The minimum Gasteiger partial charge on any atom is -0.348 e. The van der Waals surface area contributed by atoms with Crippen LogP contribution >= 0.6 is 0 Å². The topological polar surface area (TPSA) is 25.2 Å². The van der Waals surface area contributed by atoms with E-state index in [4.69, 9.17) is 0 Å². The molecule has 0 spiro atoms. The predicted octanol–water partition coefficient (Wildman–Crippen LogP) is 4.75. The molecule has 3 nitrogen and oxygen atoms in total. The van der Waals surface area contributed by atoms with E-state index in [0.717, 1.165) is 23.4 Å². The Morgan fingerprint density at radius 3 is 2.26 bits per heavy atom. The number of hydrogen-bond donors (Lipinski definition) is 0. The monoisotopic (exact) mass is 370 g/mol. The average Bonchev–Trinajstić information content (AvgIpc) is 3.15. The number of halogens is 3. The van der Waals surface area contributed by atoms with Crippen LogP contribution in [0, 0.1) is 0 Å². The van der Waals surface area contributed by atoms with Gasteiger partial charge in [0.2, 0.25) is 0 Å². The van der Waals surface area contributed by atoms with Crippen LogP contribution in [0.2, 0.25) is 0 Å². The second-order valence-electron chi connectivity index (χ2n) is 6.51. The first-order chi connectivity index (χ1) is 12.9. The molecule has 0 saturated carbocycles. The smallest absolute Gasteiger partial charge is 0.348 e. The van der Waals surface area contributed by atoms with E-state index in [-0.39, 0.29) is 17.5 Å². The summed E-state index contributed by atoms with van der Waals surface area (Å²) in [6.07, 6.45) is -2.44. The molecule has 2 aromatic carbocycles. The Bertz CT molecular complexity index is 946. The quantitative estimate of drug-likeness (QED) is 0.639. The summed E-state index contributed by atoms with van der Waals surface area (Å²) in [7, 11) is 0. The molecule has 1 aliphatic heterocycles. The number of carbonyl (C=O) groups excluding carboxylic acids is 1. The highest BCUT2D eigenvalue weighted by Crippen LogP contribution is 2.34. The van der Waals surface area contributed by atoms with E-state index >= 15 is 0 Å². The molecule has 0 bridgehead atoms. The number of rotatable bonds is 2. The summed E-state index contributed by atoms with van der Waals surface area (Å²) in [5, 5.41) is 0. The van der Waals surface area contributed by atoms with Gasteiger partial charge < -0.3 is 9.47 Å². The molecule has 0 radical (unpaired) electrons. The Hall–Kier alpha value is -3.02. The Kier molecular flexibility index (Phi) is 4.26. The van der Waals surface area contributed by atoms with Gasteiger partial charge >= 0.3 is 6.18 Å². The van der Waals surface area contributed by atoms with Crippen LogP contribution in [0.4, 0.5) is 13.2 Å². The maximum atomic E-state index is 13.1. The van der Waals surface area contributed by atoms with Crippen LogP contribution in [-0.4, -0.2) is 21.9 Å². The molecule has 6 heteroatoms. The second kappa shape index (κ2) is 6.61. The summed E-state index contributed by atoms with van der Waals surface area (Å²) in [4.78, 5) is 14.8. The predicted molar refractivity (Wildman–Crippen MR) is 95.2 cm³/mol. The number of amides is 1. The van der Waals surface area contributed by atoms with Gasteiger partial charge in [0.15, 0.2) is 0 Å². The van der Waals surface area contributed by atoms with Gasteiger partial charge in [0.25, 0.3) is 5.91 Å². The first kappa shape index (κ1) is 17.4. The van der Waals surface area contributed by atoms with E-state index < -0.39 is 11.7 Å². The lowest BCUT2D eigenvalue weighted by Crippen LogP contribution is -2.42. The number of nitrogens with zero attached hydrogens (tertiary/aromatic N) is 2. The minimum absolute atomic E-state index is 0.254. The molecule has 0 fully saturated rings. The molecule has 0 aliphatic carbocycles. The highest BCUT2D eigenvalue weighted by atomic mass is 19.4.